The van der Waals surface area contributed by atoms with Gasteiger partial charge in [-0.25, -0.2) is 0 Å². The van der Waals surface area contributed by atoms with Gasteiger partial charge in [-0.2, -0.15) is 0 Å². The molecule has 4 heteroatoms. The summed E-state index contributed by atoms with van der Waals surface area (Å²) in [6.07, 6.45) is 5.36. The Kier molecular flexibility index (Phi) is 5.33. The number of nitrogens with two attached hydrogens (primary N) is 1. The van der Waals surface area contributed by atoms with Gasteiger partial charge in [0.1, 0.15) is 0 Å². The van der Waals surface area contributed by atoms with Gasteiger partial charge >= 0.3 is 0 Å². The van der Waals surface area contributed by atoms with Gasteiger partial charge in [-0.05, 0) is 42.5 Å². The fourth-order valence-electron chi connectivity index (χ4n) is 2.43. The maximum atomic E-state index is 12.1. The van der Waals surface area contributed by atoms with Crippen LogP contribution in [0, 0.1) is 5.41 Å². The topological polar surface area (TPSA) is 55.1 Å². The number of anilines is 1. The lowest BCUT2D eigenvalue weighted by molar-refractivity contribution is -0.119. The summed E-state index contributed by atoms with van der Waals surface area (Å²) < 4.78 is 0. The summed E-state index contributed by atoms with van der Waals surface area (Å²) in [6.45, 7) is 5.91. The van der Waals surface area contributed by atoms with E-state index in [0.29, 0.717) is 0 Å². The van der Waals surface area contributed by atoms with Crippen LogP contribution in [0.5, 0.6) is 0 Å². The molecule has 0 spiro atoms. The summed E-state index contributed by atoms with van der Waals surface area (Å²) in [4.78, 5) is 13.4. The van der Waals surface area contributed by atoms with Crippen LogP contribution >= 0.6 is 11.8 Å². The molecule has 3 nitrogen and oxygen atoms in total. The number of hydrogen-bond donors (Lipinski definition) is 2. The number of carbonyl (C=O) groups is 1. The molecule has 0 bridgehead atoms. The van der Waals surface area contributed by atoms with Crippen LogP contribution < -0.4 is 11.1 Å². The van der Waals surface area contributed by atoms with Crippen molar-refractivity contribution >= 4 is 23.4 Å². The zero-order valence-electron chi connectivity index (χ0n) is 13.2. The molecule has 21 heavy (non-hydrogen) atoms. The Labute approximate surface area is 132 Å². The van der Waals surface area contributed by atoms with E-state index in [1.165, 1.54) is 30.6 Å². The summed E-state index contributed by atoms with van der Waals surface area (Å²) in [5.41, 5.74) is 6.55. The number of rotatable bonds is 4. The SMILES string of the molecule is CC(C)(C)C(N)C(=O)Nc1ccc(SC2CCCC2)cc1. The molecule has 1 saturated carbocycles. The Bertz CT molecular complexity index is 473. The van der Waals surface area contributed by atoms with Gasteiger partial charge in [-0.3, -0.25) is 4.79 Å². The number of carbonyl (C=O) groups excluding carboxylic acids is 1. The highest BCUT2D eigenvalue weighted by atomic mass is 32.2. The van der Waals surface area contributed by atoms with Crippen LogP contribution in [-0.2, 0) is 4.79 Å². The van der Waals surface area contributed by atoms with Gasteiger partial charge in [0, 0.05) is 15.8 Å². The Morgan fingerprint density at radius 1 is 1.24 bits per heavy atom. The van der Waals surface area contributed by atoms with Crippen LogP contribution in [0.25, 0.3) is 0 Å². The molecular weight excluding hydrogens is 280 g/mol. The molecule has 1 fully saturated rings. The average Bonchev–Trinajstić information content (AvgIpc) is 2.92. The largest absolute Gasteiger partial charge is 0.325 e. The lowest BCUT2D eigenvalue weighted by Crippen LogP contribution is -2.45. The van der Waals surface area contributed by atoms with Crippen molar-refractivity contribution in [2.24, 2.45) is 11.1 Å². The fourth-order valence-corrected chi connectivity index (χ4v) is 3.68. The third-order valence-corrected chi connectivity index (χ3v) is 5.29. The molecule has 0 aliphatic heterocycles. The first-order valence-corrected chi connectivity index (χ1v) is 8.57. The van der Waals surface area contributed by atoms with Crippen molar-refractivity contribution in [3.05, 3.63) is 24.3 Å². The standard InChI is InChI=1S/C17H26N2OS/c1-17(2,3)15(18)16(20)19-12-8-10-14(11-9-12)21-13-6-4-5-7-13/h8-11,13,15H,4-7,18H2,1-3H3,(H,19,20). The maximum Gasteiger partial charge on any atom is 0.241 e. The Morgan fingerprint density at radius 2 is 1.81 bits per heavy atom. The number of nitrogens with one attached hydrogen (secondary N) is 1. The summed E-state index contributed by atoms with van der Waals surface area (Å²) in [5.74, 6) is -0.126. The summed E-state index contributed by atoms with van der Waals surface area (Å²) in [7, 11) is 0. The van der Waals surface area contributed by atoms with E-state index in [1.807, 2.05) is 44.7 Å². The van der Waals surface area contributed by atoms with Crippen molar-refractivity contribution < 1.29 is 4.79 Å². The first-order chi connectivity index (χ1) is 9.86. The van der Waals surface area contributed by atoms with Gasteiger partial charge in [-0.1, -0.05) is 33.6 Å². The number of amides is 1. The van der Waals surface area contributed by atoms with Crippen LogP contribution in [0.15, 0.2) is 29.2 Å². The van der Waals surface area contributed by atoms with Gasteiger partial charge in [0.15, 0.2) is 0 Å². The van der Waals surface area contributed by atoms with Gasteiger partial charge in [-0.15, -0.1) is 11.8 Å². The van der Waals surface area contributed by atoms with Crippen LogP contribution in [0.2, 0.25) is 0 Å². The molecule has 0 saturated heterocycles. The predicted molar refractivity (Wildman–Crippen MR) is 90.6 cm³/mol. The van der Waals surface area contributed by atoms with Crippen molar-refractivity contribution in [1.29, 1.82) is 0 Å². The van der Waals surface area contributed by atoms with E-state index >= 15 is 0 Å². The minimum Gasteiger partial charge on any atom is -0.325 e. The smallest absolute Gasteiger partial charge is 0.241 e. The molecule has 1 unspecified atom stereocenters. The maximum absolute atomic E-state index is 12.1. The molecule has 116 valence electrons. The van der Waals surface area contributed by atoms with Crippen LogP contribution in [-0.4, -0.2) is 17.2 Å². The van der Waals surface area contributed by atoms with Gasteiger partial charge in [0.25, 0.3) is 0 Å². The molecule has 1 aromatic carbocycles. The highest BCUT2D eigenvalue weighted by molar-refractivity contribution is 8.00. The Morgan fingerprint density at radius 3 is 2.33 bits per heavy atom. The van der Waals surface area contributed by atoms with E-state index in [4.69, 9.17) is 5.73 Å². The van der Waals surface area contributed by atoms with Crippen molar-refractivity contribution in [3.63, 3.8) is 0 Å². The first-order valence-electron chi connectivity index (χ1n) is 7.69. The molecular formula is C17H26N2OS. The molecule has 2 rings (SSSR count). The molecule has 3 N–H and O–H groups in total. The molecule has 0 radical (unpaired) electrons. The van der Waals surface area contributed by atoms with E-state index in [-0.39, 0.29) is 11.3 Å². The minimum absolute atomic E-state index is 0.126. The van der Waals surface area contributed by atoms with Gasteiger partial charge in [0.05, 0.1) is 6.04 Å². The molecule has 1 amide bonds. The van der Waals surface area contributed by atoms with Crippen molar-refractivity contribution in [2.45, 2.75) is 62.6 Å². The average molecular weight is 306 g/mol. The Balaban J connectivity index is 1.91. The summed E-state index contributed by atoms with van der Waals surface area (Å²) in [5, 5.41) is 3.66. The monoisotopic (exact) mass is 306 g/mol. The van der Waals surface area contributed by atoms with Crippen LogP contribution in [0.1, 0.15) is 46.5 Å². The number of benzene rings is 1. The highest BCUT2D eigenvalue weighted by Gasteiger charge is 2.27. The molecule has 0 heterocycles. The van der Waals surface area contributed by atoms with Crippen LogP contribution in [0.3, 0.4) is 0 Å². The molecule has 1 aliphatic carbocycles. The number of thioether (sulfide) groups is 1. The summed E-state index contributed by atoms with van der Waals surface area (Å²) >= 11 is 1.95. The van der Waals surface area contributed by atoms with E-state index < -0.39 is 6.04 Å². The van der Waals surface area contributed by atoms with Crippen molar-refractivity contribution in [2.75, 3.05) is 5.32 Å². The van der Waals surface area contributed by atoms with E-state index in [1.54, 1.807) is 0 Å². The highest BCUT2D eigenvalue weighted by Crippen LogP contribution is 2.35. The lowest BCUT2D eigenvalue weighted by Gasteiger charge is -2.25. The van der Waals surface area contributed by atoms with E-state index in [0.717, 1.165) is 10.9 Å². The quantitative estimate of drug-likeness (QED) is 0.883. The van der Waals surface area contributed by atoms with E-state index in [2.05, 4.69) is 17.4 Å². The molecule has 1 aliphatic rings. The fraction of sp³-hybridized carbons (Fsp3) is 0.588. The molecule has 0 aromatic heterocycles. The van der Waals surface area contributed by atoms with Crippen LogP contribution in [0.4, 0.5) is 5.69 Å². The predicted octanol–water partition coefficient (Wildman–Crippen LogP) is 4.03. The normalized spacial score (nSPS) is 17.7. The number of hydrogen-bond acceptors (Lipinski definition) is 3. The van der Waals surface area contributed by atoms with Crippen molar-refractivity contribution in [1.82, 2.24) is 0 Å². The zero-order valence-corrected chi connectivity index (χ0v) is 14.0. The van der Waals surface area contributed by atoms with Gasteiger partial charge in [0.2, 0.25) is 5.91 Å². The zero-order chi connectivity index (χ0) is 15.5. The second-order valence-electron chi connectivity index (χ2n) is 6.88. The van der Waals surface area contributed by atoms with Crippen molar-refractivity contribution in [3.8, 4) is 0 Å². The minimum atomic E-state index is -0.509. The summed E-state index contributed by atoms with van der Waals surface area (Å²) in [6, 6.07) is 7.59. The van der Waals surface area contributed by atoms with E-state index in [9.17, 15) is 4.79 Å². The first kappa shape index (κ1) is 16.4. The third kappa shape index (κ3) is 4.75. The Hall–Kier alpha value is -1.00. The second kappa shape index (κ2) is 6.84. The molecule has 1 aromatic rings. The third-order valence-electron chi connectivity index (χ3n) is 3.94. The molecule has 1 atom stereocenters. The lowest BCUT2D eigenvalue weighted by atomic mass is 9.87. The van der Waals surface area contributed by atoms with Gasteiger partial charge < -0.3 is 11.1 Å². The second-order valence-corrected chi connectivity index (χ2v) is 8.26.